The predicted octanol–water partition coefficient (Wildman–Crippen LogP) is 37.0. The van der Waals surface area contributed by atoms with Gasteiger partial charge in [0.25, 0.3) is 0 Å². The molecule has 0 aliphatic carbocycles. The van der Waals surface area contributed by atoms with Gasteiger partial charge in [0.1, 0.15) is 22.3 Å². The minimum atomic E-state index is 0.831. The first-order chi connectivity index (χ1) is 68.4. The lowest BCUT2D eigenvalue weighted by atomic mass is 9.93. The normalized spacial score (nSPS) is 11.6. The summed E-state index contributed by atoms with van der Waals surface area (Å²) in [4.78, 5) is 4.77. The molecule has 22 aromatic carbocycles. The molecule has 26 rings (SSSR count). The van der Waals surface area contributed by atoms with Gasteiger partial charge in [0.05, 0.1) is 33.4 Å². The quantitative estimate of drug-likeness (QED) is 0.0809. The van der Waals surface area contributed by atoms with Crippen LogP contribution in [0.25, 0.3) is 221 Å². The number of nitrogens with zero attached hydrogens (tertiary/aromatic N) is 4. The van der Waals surface area contributed by atoms with Crippen LogP contribution in [0.5, 0.6) is 0 Å². The first-order valence-corrected chi connectivity index (χ1v) is 47.2. The topological polar surface area (TPSA) is 42.6 Å². The SMILES string of the molecule is c1ccc(-c2ccc(-c3ccc(N(c4ccc(-c5ccccc5-c5ccccc5-n5c6ccccc6c6ccccc65)cc4)c4cccc(-c5cccc6c5oc5cc(-c7ccc(-c8cccc(-c9cccc(N(c%10ccc(-c%11ccccc%11-c%11ccccc%11-n%11c%12ccccc%12c%12ccccc%12%11)cc%10)c%10cccc(-c%11cccc%12c%11oc%11ccccc%11%12)c%10)c9)c8)cc7)ccc56)c4)cc3)cc2)cc1. The summed E-state index contributed by atoms with van der Waals surface area (Å²) in [7, 11) is 0. The number of benzene rings is 22. The van der Waals surface area contributed by atoms with E-state index in [4.69, 9.17) is 8.83 Å². The Balaban J connectivity index is 0.507. The Kier molecular flexibility index (Phi) is 19.9. The molecule has 4 heterocycles. The zero-order chi connectivity index (χ0) is 91.1. The van der Waals surface area contributed by atoms with Gasteiger partial charge >= 0.3 is 0 Å². The van der Waals surface area contributed by atoms with Crippen LogP contribution in [0, 0.1) is 0 Å². The number of aromatic nitrogens is 2. The van der Waals surface area contributed by atoms with Gasteiger partial charge in [-0.25, -0.2) is 0 Å². The maximum atomic E-state index is 7.14. The van der Waals surface area contributed by atoms with E-state index in [1.165, 1.54) is 54.7 Å². The molecule has 0 fully saturated rings. The molecule has 0 amide bonds. The lowest BCUT2D eigenvalue weighted by Crippen LogP contribution is -2.10. The van der Waals surface area contributed by atoms with Crippen molar-refractivity contribution in [2.45, 2.75) is 0 Å². The second kappa shape index (κ2) is 34.0. The van der Waals surface area contributed by atoms with E-state index in [1.807, 2.05) is 6.07 Å². The predicted molar refractivity (Wildman–Crippen MR) is 579 cm³/mol. The molecule has 0 saturated carbocycles. The van der Waals surface area contributed by atoms with Gasteiger partial charge in [-0.15, -0.1) is 0 Å². The Morgan fingerprint density at radius 2 is 0.406 bits per heavy atom. The average Bonchev–Trinajstić information content (AvgIpc) is 1.59. The Morgan fingerprint density at radius 3 is 0.862 bits per heavy atom. The fourth-order valence-corrected chi connectivity index (χ4v) is 21.2. The van der Waals surface area contributed by atoms with Crippen LogP contribution in [0.3, 0.4) is 0 Å². The molecule has 0 aliphatic heterocycles. The van der Waals surface area contributed by atoms with E-state index < -0.39 is 0 Å². The molecule has 138 heavy (non-hydrogen) atoms. The van der Waals surface area contributed by atoms with Crippen molar-refractivity contribution in [3.8, 4) is 134 Å². The van der Waals surface area contributed by atoms with Crippen molar-refractivity contribution in [1.29, 1.82) is 0 Å². The van der Waals surface area contributed by atoms with E-state index in [0.717, 1.165) is 201 Å². The number of hydrogen-bond donors (Lipinski definition) is 0. The molecule has 0 saturated heterocycles. The number of anilines is 6. The smallest absolute Gasteiger partial charge is 0.143 e. The number of para-hydroxylation sites is 9. The van der Waals surface area contributed by atoms with Crippen LogP contribution < -0.4 is 9.80 Å². The van der Waals surface area contributed by atoms with Gasteiger partial charge in [-0.3, -0.25) is 0 Å². The minimum Gasteiger partial charge on any atom is -0.455 e. The Morgan fingerprint density at radius 1 is 0.138 bits per heavy atom. The molecule has 0 unspecified atom stereocenters. The van der Waals surface area contributed by atoms with Crippen LogP contribution in [0.2, 0.25) is 0 Å². The van der Waals surface area contributed by atoms with Gasteiger partial charge in [-0.05, 0) is 234 Å². The number of rotatable bonds is 19. The molecule has 6 heteroatoms. The van der Waals surface area contributed by atoms with E-state index in [2.05, 4.69) is 535 Å². The zero-order valence-corrected chi connectivity index (χ0v) is 75.3. The second-order valence-corrected chi connectivity index (χ2v) is 35.7. The molecule has 4 aromatic heterocycles. The monoisotopic (exact) mass is 1760 g/mol. The third-order valence-corrected chi connectivity index (χ3v) is 27.8. The Hall–Kier alpha value is -18.4. The van der Waals surface area contributed by atoms with Crippen LogP contribution >= 0.6 is 0 Å². The van der Waals surface area contributed by atoms with Crippen LogP contribution in [0.15, 0.2) is 531 Å². The molecule has 0 spiro atoms. The van der Waals surface area contributed by atoms with Gasteiger partial charge in [0.2, 0.25) is 0 Å². The number of furan rings is 2. The van der Waals surface area contributed by atoms with Gasteiger partial charge in [0.15, 0.2) is 0 Å². The summed E-state index contributed by atoms with van der Waals surface area (Å²) < 4.78 is 18.7. The summed E-state index contributed by atoms with van der Waals surface area (Å²) in [6, 6.07) is 190. The summed E-state index contributed by atoms with van der Waals surface area (Å²) >= 11 is 0. The fraction of sp³-hybridized carbons (Fsp3) is 0. The zero-order valence-electron chi connectivity index (χ0n) is 75.3. The highest BCUT2D eigenvalue weighted by atomic mass is 16.3. The van der Waals surface area contributed by atoms with Crippen LogP contribution in [0.4, 0.5) is 34.1 Å². The summed E-state index contributed by atoms with van der Waals surface area (Å²) in [5, 5.41) is 9.28. The molecule has 0 N–H and O–H groups in total. The van der Waals surface area contributed by atoms with Crippen LogP contribution in [-0.4, -0.2) is 9.13 Å². The van der Waals surface area contributed by atoms with Crippen molar-refractivity contribution < 1.29 is 8.83 Å². The Bertz CT molecular complexity index is 9090. The van der Waals surface area contributed by atoms with Crippen molar-refractivity contribution in [2.75, 3.05) is 9.80 Å². The van der Waals surface area contributed by atoms with Crippen LogP contribution in [-0.2, 0) is 0 Å². The highest BCUT2D eigenvalue weighted by Gasteiger charge is 2.26. The molecule has 0 aliphatic rings. The van der Waals surface area contributed by atoms with E-state index in [1.54, 1.807) is 0 Å². The van der Waals surface area contributed by atoms with Gasteiger partial charge < -0.3 is 27.8 Å². The van der Waals surface area contributed by atoms with Gasteiger partial charge in [-0.1, -0.05) is 388 Å². The lowest BCUT2D eigenvalue weighted by molar-refractivity contribution is 0.669. The standard InChI is InChI=1S/C132H86N4O2/c1-2-28-87(29-3-1)88-60-62-89(63-61-88)90-68-75-101(76-69-90)133(102-77-70-93(71-78-102)107-38-4-6-40-111(107)113-42-8-15-53-123(113)135-125-55-17-10-44-115(125)116-45-11-18-56-126(116)135)105-36-24-33-99(84-105)110-50-27-52-122-120-81-74-98(86-130(120)138-132(110)122)92-66-64-91(65-67-92)95-30-22-31-96(82-95)97-32-23-35-104(83-97)134(106-37-25-34-100(85-106)109-49-26-51-121-119-48-14-21-59-129(119)137-131(109)121)103-79-72-94(73-80-103)108-39-5-7-41-112(108)114-43-9-16-54-124(114)136-127-57-19-12-46-117(127)118-47-13-20-58-128(118)136/h1-86H. The summed E-state index contributed by atoms with van der Waals surface area (Å²) in [6.45, 7) is 0. The van der Waals surface area contributed by atoms with E-state index >= 15 is 0 Å². The van der Waals surface area contributed by atoms with Gasteiger partial charge in [0, 0.05) is 99.5 Å². The molecule has 26 aromatic rings. The third kappa shape index (κ3) is 14.2. The molecular formula is C132H86N4O2. The highest BCUT2D eigenvalue weighted by molar-refractivity contribution is 6.14. The first kappa shape index (κ1) is 80.5. The van der Waals surface area contributed by atoms with Crippen LogP contribution in [0.1, 0.15) is 0 Å². The average molecular weight is 1760 g/mol. The third-order valence-electron chi connectivity index (χ3n) is 27.8. The van der Waals surface area contributed by atoms with E-state index in [0.29, 0.717) is 0 Å². The molecular weight excluding hydrogens is 1670 g/mol. The Labute approximate surface area is 799 Å². The maximum Gasteiger partial charge on any atom is 0.143 e. The van der Waals surface area contributed by atoms with E-state index in [9.17, 15) is 0 Å². The van der Waals surface area contributed by atoms with Crippen molar-refractivity contribution in [3.05, 3.63) is 522 Å². The van der Waals surface area contributed by atoms with Crippen molar-refractivity contribution in [2.24, 2.45) is 0 Å². The first-order valence-electron chi connectivity index (χ1n) is 47.2. The second-order valence-electron chi connectivity index (χ2n) is 35.7. The maximum absolute atomic E-state index is 7.14. The van der Waals surface area contributed by atoms with Gasteiger partial charge in [-0.2, -0.15) is 0 Å². The van der Waals surface area contributed by atoms with Crippen molar-refractivity contribution >= 4 is 122 Å². The minimum absolute atomic E-state index is 0.831. The molecule has 0 radical (unpaired) electrons. The number of fused-ring (bicyclic) bond motifs is 12. The van der Waals surface area contributed by atoms with Crippen molar-refractivity contribution in [3.63, 3.8) is 0 Å². The lowest BCUT2D eigenvalue weighted by Gasteiger charge is -2.27. The summed E-state index contributed by atoms with van der Waals surface area (Å²) in [5.74, 6) is 0. The number of hydrogen-bond acceptors (Lipinski definition) is 4. The molecule has 0 atom stereocenters. The molecule has 646 valence electrons. The van der Waals surface area contributed by atoms with Crippen molar-refractivity contribution in [1.82, 2.24) is 9.13 Å². The largest absolute Gasteiger partial charge is 0.455 e. The molecule has 6 nitrogen and oxygen atoms in total. The van der Waals surface area contributed by atoms with E-state index in [-0.39, 0.29) is 0 Å². The highest BCUT2D eigenvalue weighted by Crippen LogP contribution is 2.49. The summed E-state index contributed by atoms with van der Waals surface area (Å²) in [5.41, 5.74) is 41.2. The fourth-order valence-electron chi connectivity index (χ4n) is 21.2. The summed E-state index contributed by atoms with van der Waals surface area (Å²) in [6.07, 6.45) is 0. The molecule has 0 bridgehead atoms.